The van der Waals surface area contributed by atoms with Crippen molar-refractivity contribution in [2.75, 3.05) is 43.1 Å². The third kappa shape index (κ3) is 2.54. The molecule has 3 aromatic rings. The van der Waals surface area contributed by atoms with E-state index in [1.54, 1.807) is 19.6 Å². The van der Waals surface area contributed by atoms with Gasteiger partial charge in [0.25, 0.3) is 0 Å². The number of nitrogens with one attached hydrogen (secondary N) is 1. The summed E-state index contributed by atoms with van der Waals surface area (Å²) in [5.74, 6) is 1.65. The van der Waals surface area contributed by atoms with Gasteiger partial charge in [0.1, 0.15) is 11.3 Å². The Bertz CT molecular complexity index is 809. The predicted octanol–water partition coefficient (Wildman–Crippen LogP) is 1.69. The van der Waals surface area contributed by atoms with Crippen LogP contribution in [-0.2, 0) is 0 Å². The van der Waals surface area contributed by atoms with E-state index in [-0.39, 0.29) is 0 Å². The number of benzene rings is 1. The molecule has 118 valence electrons. The smallest absolute Gasteiger partial charge is 0.227 e. The van der Waals surface area contributed by atoms with Crippen LogP contribution in [0, 0.1) is 0 Å². The van der Waals surface area contributed by atoms with Crippen LogP contribution < -0.4 is 14.5 Å². The number of piperazine rings is 1. The molecule has 0 amide bonds. The summed E-state index contributed by atoms with van der Waals surface area (Å²) in [4.78, 5) is 20.7. The van der Waals surface area contributed by atoms with E-state index in [4.69, 9.17) is 4.74 Å². The Morgan fingerprint density at radius 3 is 2.65 bits per heavy atom. The first-order valence-corrected chi connectivity index (χ1v) is 7.64. The number of aromatic nitrogens is 4. The highest BCUT2D eigenvalue weighted by Crippen LogP contribution is 2.28. The Hall–Kier alpha value is -2.83. The van der Waals surface area contributed by atoms with Crippen LogP contribution in [-0.4, -0.2) is 53.2 Å². The molecule has 1 aliphatic heterocycles. The van der Waals surface area contributed by atoms with Gasteiger partial charge in [-0.3, -0.25) is 0 Å². The second-order valence-electron chi connectivity index (χ2n) is 5.46. The van der Waals surface area contributed by atoms with Crippen molar-refractivity contribution < 1.29 is 4.74 Å². The van der Waals surface area contributed by atoms with Gasteiger partial charge in [-0.15, -0.1) is 0 Å². The maximum atomic E-state index is 5.46. The monoisotopic (exact) mass is 310 g/mol. The molecular weight excluding hydrogens is 292 g/mol. The van der Waals surface area contributed by atoms with Gasteiger partial charge in [0.15, 0.2) is 5.65 Å². The lowest BCUT2D eigenvalue weighted by Crippen LogP contribution is -2.47. The number of ether oxygens (including phenoxy) is 1. The first kappa shape index (κ1) is 13.8. The lowest BCUT2D eigenvalue weighted by molar-refractivity contribution is 0.413. The summed E-state index contributed by atoms with van der Waals surface area (Å²) >= 11 is 0. The Morgan fingerprint density at radius 1 is 1.04 bits per heavy atom. The number of H-pyrrole nitrogens is 1. The van der Waals surface area contributed by atoms with Gasteiger partial charge >= 0.3 is 0 Å². The standard InChI is InChI=1S/C16H18N6O/c1-23-14-5-3-2-4-13(14)21-6-8-22(9-7-21)16-17-10-12-15(20-16)19-11-18-12/h2-5,10-11H,6-9H2,1H3,(H,17,18,19,20). The van der Waals surface area contributed by atoms with Crippen LogP contribution >= 0.6 is 0 Å². The van der Waals surface area contributed by atoms with Crippen molar-refractivity contribution in [1.82, 2.24) is 19.9 Å². The number of methoxy groups -OCH3 is 1. The zero-order chi connectivity index (χ0) is 15.6. The average Bonchev–Trinajstić information content (AvgIpc) is 3.09. The summed E-state index contributed by atoms with van der Waals surface area (Å²) in [6, 6.07) is 8.13. The quantitative estimate of drug-likeness (QED) is 0.794. The van der Waals surface area contributed by atoms with Crippen molar-refractivity contribution in [2.24, 2.45) is 0 Å². The minimum absolute atomic E-state index is 0.710. The highest BCUT2D eigenvalue weighted by Gasteiger charge is 2.21. The van der Waals surface area contributed by atoms with E-state index in [1.165, 1.54) is 0 Å². The molecule has 0 atom stereocenters. The summed E-state index contributed by atoms with van der Waals surface area (Å²) in [7, 11) is 1.71. The average molecular weight is 310 g/mol. The zero-order valence-electron chi connectivity index (χ0n) is 12.9. The molecule has 0 bridgehead atoms. The second-order valence-corrected chi connectivity index (χ2v) is 5.46. The molecule has 1 N–H and O–H groups in total. The topological polar surface area (TPSA) is 70.2 Å². The first-order chi connectivity index (χ1) is 11.3. The van der Waals surface area contributed by atoms with Crippen molar-refractivity contribution in [3.8, 4) is 5.75 Å². The number of imidazole rings is 1. The highest BCUT2D eigenvalue weighted by atomic mass is 16.5. The Balaban J connectivity index is 1.50. The van der Waals surface area contributed by atoms with Gasteiger partial charge in [-0.1, -0.05) is 12.1 Å². The van der Waals surface area contributed by atoms with Gasteiger partial charge in [-0.05, 0) is 12.1 Å². The van der Waals surface area contributed by atoms with Crippen LogP contribution in [0.3, 0.4) is 0 Å². The summed E-state index contributed by atoms with van der Waals surface area (Å²) in [5.41, 5.74) is 2.71. The van der Waals surface area contributed by atoms with Gasteiger partial charge < -0.3 is 19.5 Å². The van der Waals surface area contributed by atoms with Gasteiger partial charge in [-0.25, -0.2) is 9.97 Å². The Kier molecular flexibility index (Phi) is 3.45. The van der Waals surface area contributed by atoms with Crippen LogP contribution in [0.25, 0.3) is 11.2 Å². The molecule has 1 saturated heterocycles. The third-order valence-electron chi connectivity index (χ3n) is 4.15. The fraction of sp³-hybridized carbons (Fsp3) is 0.312. The van der Waals surface area contributed by atoms with Crippen LogP contribution in [0.2, 0.25) is 0 Å². The summed E-state index contributed by atoms with van der Waals surface area (Å²) in [5, 5.41) is 0. The zero-order valence-corrected chi connectivity index (χ0v) is 12.9. The molecule has 3 heterocycles. The number of anilines is 2. The van der Waals surface area contributed by atoms with E-state index >= 15 is 0 Å². The lowest BCUT2D eigenvalue weighted by atomic mass is 10.2. The van der Waals surface area contributed by atoms with Crippen LogP contribution in [0.1, 0.15) is 0 Å². The van der Waals surface area contributed by atoms with Crippen LogP contribution in [0.15, 0.2) is 36.8 Å². The molecule has 1 aliphatic rings. The summed E-state index contributed by atoms with van der Waals surface area (Å²) < 4.78 is 5.46. The van der Waals surface area contributed by atoms with E-state index < -0.39 is 0 Å². The molecule has 2 aromatic heterocycles. The molecular formula is C16H18N6O. The minimum Gasteiger partial charge on any atom is -0.495 e. The van der Waals surface area contributed by atoms with Crippen molar-refractivity contribution in [1.29, 1.82) is 0 Å². The van der Waals surface area contributed by atoms with E-state index in [2.05, 4.69) is 35.8 Å². The van der Waals surface area contributed by atoms with Crippen molar-refractivity contribution in [3.63, 3.8) is 0 Å². The first-order valence-electron chi connectivity index (χ1n) is 7.64. The van der Waals surface area contributed by atoms with Gasteiger partial charge in [-0.2, -0.15) is 4.98 Å². The number of fused-ring (bicyclic) bond motifs is 1. The normalized spacial score (nSPS) is 15.2. The molecule has 7 nitrogen and oxygen atoms in total. The number of nitrogens with zero attached hydrogens (tertiary/aromatic N) is 5. The van der Waals surface area contributed by atoms with Crippen molar-refractivity contribution in [2.45, 2.75) is 0 Å². The van der Waals surface area contributed by atoms with Gasteiger partial charge in [0, 0.05) is 26.2 Å². The third-order valence-corrected chi connectivity index (χ3v) is 4.15. The highest BCUT2D eigenvalue weighted by molar-refractivity contribution is 5.70. The largest absolute Gasteiger partial charge is 0.495 e. The van der Waals surface area contributed by atoms with E-state index in [9.17, 15) is 0 Å². The molecule has 0 spiro atoms. The Labute approximate surface area is 133 Å². The number of hydrogen-bond acceptors (Lipinski definition) is 6. The van der Waals surface area contributed by atoms with Crippen LogP contribution in [0.4, 0.5) is 11.6 Å². The lowest BCUT2D eigenvalue weighted by Gasteiger charge is -2.36. The maximum absolute atomic E-state index is 5.46. The second kappa shape index (κ2) is 5.75. The maximum Gasteiger partial charge on any atom is 0.227 e. The van der Waals surface area contributed by atoms with Gasteiger partial charge in [0.05, 0.1) is 25.3 Å². The number of aromatic amines is 1. The summed E-state index contributed by atoms with van der Waals surface area (Å²) in [6.45, 7) is 3.55. The SMILES string of the molecule is COc1ccccc1N1CCN(c2ncc3[nH]cnc3n2)CC1. The van der Waals surface area contributed by atoms with Crippen molar-refractivity contribution in [3.05, 3.63) is 36.8 Å². The molecule has 1 aromatic carbocycles. The molecule has 0 saturated carbocycles. The fourth-order valence-electron chi connectivity index (χ4n) is 2.92. The molecule has 0 radical (unpaired) electrons. The molecule has 1 fully saturated rings. The van der Waals surface area contributed by atoms with Gasteiger partial charge in [0.2, 0.25) is 5.95 Å². The molecule has 4 rings (SSSR count). The van der Waals surface area contributed by atoms with E-state index in [0.717, 1.165) is 49.1 Å². The van der Waals surface area contributed by atoms with Crippen LogP contribution in [0.5, 0.6) is 5.75 Å². The molecule has 23 heavy (non-hydrogen) atoms. The number of para-hydroxylation sites is 2. The Morgan fingerprint density at radius 2 is 1.83 bits per heavy atom. The van der Waals surface area contributed by atoms with Crippen molar-refractivity contribution >= 4 is 22.8 Å². The number of hydrogen-bond donors (Lipinski definition) is 1. The molecule has 0 aliphatic carbocycles. The summed E-state index contributed by atoms with van der Waals surface area (Å²) in [6.07, 6.45) is 3.43. The predicted molar refractivity (Wildman–Crippen MR) is 89.1 cm³/mol. The van der Waals surface area contributed by atoms with E-state index in [0.29, 0.717) is 5.65 Å². The molecule has 7 heteroatoms. The fourth-order valence-corrected chi connectivity index (χ4v) is 2.92. The minimum atomic E-state index is 0.710. The number of rotatable bonds is 3. The molecule has 0 unspecified atom stereocenters. The van der Waals surface area contributed by atoms with E-state index in [1.807, 2.05) is 18.2 Å².